The highest BCUT2D eigenvalue weighted by Gasteiger charge is 2.27. The van der Waals surface area contributed by atoms with E-state index >= 15 is 0 Å². The summed E-state index contributed by atoms with van der Waals surface area (Å²) in [4.78, 5) is 0. The second-order valence-corrected chi connectivity index (χ2v) is 5.79. The van der Waals surface area contributed by atoms with Crippen LogP contribution < -0.4 is 5.73 Å². The largest absolute Gasteiger partial charge is 0.491 e. The molecule has 0 saturated heterocycles. The van der Waals surface area contributed by atoms with E-state index in [2.05, 4.69) is 33.4 Å². The van der Waals surface area contributed by atoms with Gasteiger partial charge < -0.3 is 10.5 Å². The minimum atomic E-state index is 0.106. The van der Waals surface area contributed by atoms with Crippen molar-refractivity contribution in [2.45, 2.75) is 52.7 Å². The van der Waals surface area contributed by atoms with Crippen molar-refractivity contribution < 1.29 is 4.74 Å². The van der Waals surface area contributed by atoms with E-state index in [-0.39, 0.29) is 11.5 Å². The Bertz CT molecular complexity index is 327. The van der Waals surface area contributed by atoms with Gasteiger partial charge in [-0.25, -0.2) is 0 Å². The molecule has 0 atom stereocenters. The molecule has 2 heteroatoms. The molecule has 1 aliphatic rings. The second-order valence-electron chi connectivity index (χ2n) is 5.79. The molecule has 1 aliphatic carbocycles. The number of rotatable bonds is 4. The van der Waals surface area contributed by atoms with Gasteiger partial charge in [0.25, 0.3) is 0 Å². The maximum Gasteiger partial charge on any atom is 0.112 e. The molecule has 0 aromatic rings. The number of nitrogens with two attached hydrogens (primary N) is 1. The zero-order chi connectivity index (χ0) is 13.1. The molecule has 0 amide bonds. The van der Waals surface area contributed by atoms with Crippen LogP contribution >= 0.6 is 0 Å². The first-order valence-corrected chi connectivity index (χ1v) is 6.29. The lowest BCUT2D eigenvalue weighted by atomic mass is 9.85. The predicted octanol–water partition coefficient (Wildman–Crippen LogP) is 3.56. The Morgan fingerprint density at radius 1 is 1.35 bits per heavy atom. The summed E-state index contributed by atoms with van der Waals surface area (Å²) in [6.07, 6.45) is 8.34. The third-order valence-electron chi connectivity index (χ3n) is 2.98. The van der Waals surface area contributed by atoms with Gasteiger partial charge in [0.1, 0.15) is 11.9 Å². The van der Waals surface area contributed by atoms with Crippen molar-refractivity contribution in [3.63, 3.8) is 0 Å². The van der Waals surface area contributed by atoms with Gasteiger partial charge in [0.2, 0.25) is 0 Å². The Balaban J connectivity index is 2.61. The molecule has 0 radical (unpaired) electrons. The summed E-state index contributed by atoms with van der Waals surface area (Å²) in [5.74, 6) is 0.741. The Hall–Kier alpha value is -1.02. The molecule has 17 heavy (non-hydrogen) atoms. The molecule has 1 fully saturated rings. The second kappa shape index (κ2) is 5.54. The van der Waals surface area contributed by atoms with Crippen LogP contribution in [0.4, 0.5) is 0 Å². The van der Waals surface area contributed by atoms with Gasteiger partial charge in [-0.1, -0.05) is 39.5 Å². The summed E-state index contributed by atoms with van der Waals surface area (Å²) in [7, 11) is 0. The minimum Gasteiger partial charge on any atom is -0.491 e. The highest BCUT2D eigenvalue weighted by Crippen LogP contribution is 2.29. The fourth-order valence-electron chi connectivity index (χ4n) is 1.82. The van der Waals surface area contributed by atoms with Gasteiger partial charge in [-0.05, 0) is 36.8 Å². The maximum atomic E-state index is 5.74. The topological polar surface area (TPSA) is 35.2 Å². The fraction of sp³-hybridized carbons (Fsp3) is 0.600. The molecule has 0 aliphatic heterocycles. The number of hydrogen-bond donors (Lipinski definition) is 1. The van der Waals surface area contributed by atoms with Crippen molar-refractivity contribution in [3.05, 3.63) is 36.1 Å². The summed E-state index contributed by atoms with van der Waals surface area (Å²) < 4.78 is 5.74. The Morgan fingerprint density at radius 2 is 1.94 bits per heavy atom. The van der Waals surface area contributed by atoms with Gasteiger partial charge in [-0.3, -0.25) is 0 Å². The smallest absolute Gasteiger partial charge is 0.112 e. The number of allylic oxidation sites excluding steroid dienone is 4. The molecular formula is C15H25NO. The Kier molecular flexibility index (Phi) is 4.58. The van der Waals surface area contributed by atoms with Gasteiger partial charge >= 0.3 is 0 Å². The zero-order valence-electron chi connectivity index (χ0n) is 11.5. The van der Waals surface area contributed by atoms with Crippen LogP contribution in [0.25, 0.3) is 0 Å². The molecule has 2 nitrogen and oxygen atoms in total. The highest BCUT2D eigenvalue weighted by molar-refractivity contribution is 5.30. The molecule has 0 aromatic carbocycles. The highest BCUT2D eigenvalue weighted by atomic mass is 16.5. The molecule has 0 spiro atoms. The first-order valence-electron chi connectivity index (χ1n) is 6.29. The van der Waals surface area contributed by atoms with Crippen LogP contribution in [0.1, 0.15) is 40.5 Å². The lowest BCUT2D eigenvalue weighted by Crippen LogP contribution is -2.41. The average molecular weight is 235 g/mol. The van der Waals surface area contributed by atoms with Crippen molar-refractivity contribution >= 4 is 0 Å². The first kappa shape index (κ1) is 14.0. The van der Waals surface area contributed by atoms with E-state index < -0.39 is 0 Å². The van der Waals surface area contributed by atoms with Gasteiger partial charge in [-0.2, -0.15) is 0 Å². The van der Waals surface area contributed by atoms with Gasteiger partial charge in [0.05, 0.1) is 0 Å². The summed E-state index contributed by atoms with van der Waals surface area (Å²) in [6, 6.07) is 0.314. The van der Waals surface area contributed by atoms with Crippen molar-refractivity contribution in [1.29, 1.82) is 0 Å². The summed E-state index contributed by atoms with van der Waals surface area (Å²) in [5, 5.41) is 0. The van der Waals surface area contributed by atoms with Crippen LogP contribution in [0.15, 0.2) is 36.1 Å². The molecule has 0 bridgehead atoms. The van der Waals surface area contributed by atoms with E-state index in [1.165, 1.54) is 5.57 Å². The van der Waals surface area contributed by atoms with E-state index in [9.17, 15) is 0 Å². The van der Waals surface area contributed by atoms with Gasteiger partial charge in [-0.15, -0.1) is 0 Å². The zero-order valence-corrected chi connectivity index (χ0v) is 11.5. The third-order valence-corrected chi connectivity index (χ3v) is 2.98. The predicted molar refractivity (Wildman–Crippen MR) is 73.6 cm³/mol. The monoisotopic (exact) mass is 235 g/mol. The fourth-order valence-corrected chi connectivity index (χ4v) is 1.82. The quantitative estimate of drug-likeness (QED) is 0.597. The molecule has 0 aromatic heterocycles. The third kappa shape index (κ3) is 4.39. The average Bonchev–Trinajstić information content (AvgIpc) is 2.13. The van der Waals surface area contributed by atoms with E-state index in [0.717, 1.165) is 18.6 Å². The minimum absolute atomic E-state index is 0.106. The molecule has 96 valence electrons. The van der Waals surface area contributed by atoms with Crippen LogP contribution in [-0.4, -0.2) is 12.1 Å². The Morgan fingerprint density at radius 3 is 2.35 bits per heavy atom. The number of ether oxygens (including phenoxy) is 1. The van der Waals surface area contributed by atoms with E-state index in [0.29, 0.717) is 6.04 Å². The summed E-state index contributed by atoms with van der Waals surface area (Å²) >= 11 is 0. The van der Waals surface area contributed by atoms with E-state index in [1.807, 2.05) is 19.1 Å². The lowest BCUT2D eigenvalue weighted by Gasteiger charge is -2.33. The standard InChI is InChI=1S/C15H25NO/c1-6-7-12(15(3,4)5)8-11(2)17-14-9-13(16)10-14/h6-8,13-14H,2,9-10,16H2,1,3-5H3/b7-6-,12-8+. The van der Waals surface area contributed by atoms with Crippen molar-refractivity contribution in [2.24, 2.45) is 11.1 Å². The van der Waals surface area contributed by atoms with Crippen molar-refractivity contribution in [2.75, 3.05) is 0 Å². The lowest BCUT2D eigenvalue weighted by molar-refractivity contribution is 0.0451. The van der Waals surface area contributed by atoms with Gasteiger partial charge in [0, 0.05) is 6.04 Å². The van der Waals surface area contributed by atoms with Crippen molar-refractivity contribution in [3.8, 4) is 0 Å². The number of hydrogen-bond acceptors (Lipinski definition) is 2. The van der Waals surface area contributed by atoms with Crippen molar-refractivity contribution in [1.82, 2.24) is 0 Å². The van der Waals surface area contributed by atoms with Crippen LogP contribution in [0.2, 0.25) is 0 Å². The van der Waals surface area contributed by atoms with Crippen LogP contribution in [0.3, 0.4) is 0 Å². The molecule has 1 rings (SSSR count). The van der Waals surface area contributed by atoms with E-state index in [1.54, 1.807) is 0 Å². The summed E-state index contributed by atoms with van der Waals surface area (Å²) in [6.45, 7) is 12.5. The van der Waals surface area contributed by atoms with Crippen LogP contribution in [-0.2, 0) is 4.74 Å². The SMILES string of the molecule is C=C(/C=C(\C=C/C)C(C)(C)C)OC1CC(N)C1. The molecule has 0 unspecified atom stereocenters. The maximum absolute atomic E-state index is 5.74. The normalized spacial score (nSPS) is 25.8. The summed E-state index contributed by atoms with van der Waals surface area (Å²) in [5.41, 5.74) is 7.06. The molecule has 0 heterocycles. The first-order chi connectivity index (χ1) is 7.82. The molecule has 2 N–H and O–H groups in total. The van der Waals surface area contributed by atoms with Crippen LogP contribution in [0, 0.1) is 5.41 Å². The van der Waals surface area contributed by atoms with E-state index in [4.69, 9.17) is 10.5 Å². The molecule has 1 saturated carbocycles. The van der Waals surface area contributed by atoms with Gasteiger partial charge in [0.15, 0.2) is 0 Å². The van der Waals surface area contributed by atoms with Crippen LogP contribution in [0.5, 0.6) is 0 Å². The molecular weight excluding hydrogens is 210 g/mol. The Labute approximate surface area is 105 Å².